The molecule has 0 fully saturated rings. The molecule has 0 spiro atoms. The molecule has 0 aliphatic heterocycles. The zero-order chi connectivity index (χ0) is 15.9. The van der Waals surface area contributed by atoms with E-state index in [2.05, 4.69) is 39.4 Å². The second-order valence-electron chi connectivity index (χ2n) is 5.94. The van der Waals surface area contributed by atoms with Gasteiger partial charge in [0.1, 0.15) is 0 Å². The van der Waals surface area contributed by atoms with Gasteiger partial charge in [-0.1, -0.05) is 13.8 Å². The lowest BCUT2D eigenvalue weighted by atomic mass is 9.90. The quantitative estimate of drug-likeness (QED) is 0.723. The van der Waals surface area contributed by atoms with Gasteiger partial charge in [0, 0.05) is 27.3 Å². The van der Waals surface area contributed by atoms with Crippen LogP contribution in [0.3, 0.4) is 0 Å². The summed E-state index contributed by atoms with van der Waals surface area (Å²) in [5.41, 5.74) is 0.0848. The second kappa shape index (κ2) is 7.97. The van der Waals surface area contributed by atoms with Gasteiger partial charge in [-0.25, -0.2) is 0 Å². The van der Waals surface area contributed by atoms with Crippen LogP contribution < -0.4 is 15.4 Å². The minimum atomic E-state index is 0.0168. The smallest absolute Gasteiger partial charge is 0.323 e. The van der Waals surface area contributed by atoms with Gasteiger partial charge in [0.05, 0.1) is 6.10 Å². The highest BCUT2D eigenvalue weighted by molar-refractivity contribution is 5.35. The van der Waals surface area contributed by atoms with Crippen LogP contribution in [0.25, 0.3) is 0 Å². The predicted octanol–water partition coefficient (Wildman–Crippen LogP) is 2.18. The summed E-state index contributed by atoms with van der Waals surface area (Å²) in [5, 5.41) is 6.15. The Balaban J connectivity index is 2.73. The number of nitrogens with one attached hydrogen (secondary N) is 2. The topological polar surface area (TPSA) is 81.2 Å². The predicted molar refractivity (Wildman–Crippen MR) is 83.9 cm³/mol. The van der Waals surface area contributed by atoms with E-state index in [1.807, 2.05) is 13.8 Å². The number of aromatic nitrogens is 3. The fourth-order valence-corrected chi connectivity index (χ4v) is 1.60. The average Bonchev–Trinajstić information content (AvgIpc) is 2.42. The highest BCUT2D eigenvalue weighted by atomic mass is 16.5. The average molecular weight is 297 g/mol. The summed E-state index contributed by atoms with van der Waals surface area (Å²) < 4.78 is 10.7. The van der Waals surface area contributed by atoms with Crippen molar-refractivity contribution < 1.29 is 9.47 Å². The van der Waals surface area contributed by atoms with Gasteiger partial charge in [0.25, 0.3) is 0 Å². The SMILES string of the molecule is CNc1nc(NCC(C)(C)CCOC)nc(OC(C)C)n1. The first-order chi connectivity index (χ1) is 9.86. The Bertz CT molecular complexity index is 437. The normalized spacial score (nSPS) is 11.6. The monoisotopic (exact) mass is 297 g/mol. The largest absolute Gasteiger partial charge is 0.461 e. The van der Waals surface area contributed by atoms with Crippen molar-refractivity contribution in [1.29, 1.82) is 0 Å². The fraction of sp³-hybridized carbons (Fsp3) is 0.786. The molecule has 1 aromatic rings. The van der Waals surface area contributed by atoms with Crippen LogP contribution in [0, 0.1) is 5.41 Å². The second-order valence-corrected chi connectivity index (χ2v) is 5.94. The summed E-state index contributed by atoms with van der Waals surface area (Å²) in [5.74, 6) is 0.994. The van der Waals surface area contributed by atoms with Crippen molar-refractivity contribution in [2.45, 2.75) is 40.2 Å². The lowest BCUT2D eigenvalue weighted by molar-refractivity contribution is 0.157. The van der Waals surface area contributed by atoms with E-state index in [0.717, 1.165) is 19.6 Å². The lowest BCUT2D eigenvalue weighted by Gasteiger charge is -2.24. The minimum absolute atomic E-state index is 0.0168. The van der Waals surface area contributed by atoms with Crippen LogP contribution in [0.2, 0.25) is 0 Å². The molecule has 0 bridgehead atoms. The third-order valence-electron chi connectivity index (χ3n) is 2.89. The maximum Gasteiger partial charge on any atom is 0.323 e. The fourth-order valence-electron chi connectivity index (χ4n) is 1.60. The number of ether oxygens (including phenoxy) is 2. The molecule has 120 valence electrons. The number of anilines is 2. The van der Waals surface area contributed by atoms with Crippen LogP contribution in [-0.2, 0) is 4.74 Å². The number of rotatable bonds is 9. The van der Waals surface area contributed by atoms with Crippen molar-refractivity contribution in [1.82, 2.24) is 15.0 Å². The molecular weight excluding hydrogens is 270 g/mol. The maximum absolute atomic E-state index is 5.53. The summed E-state index contributed by atoms with van der Waals surface area (Å²) >= 11 is 0. The molecule has 0 unspecified atom stereocenters. The van der Waals surface area contributed by atoms with Crippen LogP contribution in [-0.4, -0.2) is 48.4 Å². The van der Waals surface area contributed by atoms with Crippen LogP contribution in [0.4, 0.5) is 11.9 Å². The zero-order valence-electron chi connectivity index (χ0n) is 13.9. The van der Waals surface area contributed by atoms with E-state index in [1.54, 1.807) is 14.2 Å². The van der Waals surface area contributed by atoms with Gasteiger partial charge in [-0.2, -0.15) is 15.0 Å². The van der Waals surface area contributed by atoms with Gasteiger partial charge in [-0.3, -0.25) is 0 Å². The first-order valence-electron chi connectivity index (χ1n) is 7.19. The van der Waals surface area contributed by atoms with Crippen LogP contribution in [0.5, 0.6) is 6.01 Å². The first-order valence-corrected chi connectivity index (χ1v) is 7.19. The summed E-state index contributed by atoms with van der Waals surface area (Å²) in [7, 11) is 3.48. The molecule has 0 aromatic carbocycles. The Kier molecular flexibility index (Phi) is 6.61. The van der Waals surface area contributed by atoms with Crippen molar-refractivity contribution in [2.24, 2.45) is 5.41 Å². The Morgan fingerprint density at radius 2 is 1.81 bits per heavy atom. The molecule has 0 amide bonds. The Morgan fingerprint density at radius 1 is 1.14 bits per heavy atom. The molecule has 7 nitrogen and oxygen atoms in total. The third-order valence-corrected chi connectivity index (χ3v) is 2.89. The van der Waals surface area contributed by atoms with E-state index in [1.165, 1.54) is 0 Å². The van der Waals surface area contributed by atoms with Crippen molar-refractivity contribution >= 4 is 11.9 Å². The van der Waals surface area contributed by atoms with Gasteiger partial charge >= 0.3 is 6.01 Å². The molecule has 0 saturated heterocycles. The highest BCUT2D eigenvalue weighted by Gasteiger charge is 2.18. The Hall–Kier alpha value is -1.63. The van der Waals surface area contributed by atoms with E-state index < -0.39 is 0 Å². The molecule has 0 saturated carbocycles. The maximum atomic E-state index is 5.53. The molecule has 1 aromatic heterocycles. The molecular formula is C14H27N5O2. The van der Waals surface area contributed by atoms with Crippen LogP contribution >= 0.6 is 0 Å². The van der Waals surface area contributed by atoms with E-state index in [9.17, 15) is 0 Å². The molecule has 0 aliphatic carbocycles. The van der Waals surface area contributed by atoms with Crippen molar-refractivity contribution in [2.75, 3.05) is 37.9 Å². The van der Waals surface area contributed by atoms with Gasteiger partial charge in [0.15, 0.2) is 0 Å². The molecule has 1 heterocycles. The summed E-state index contributed by atoms with van der Waals surface area (Å²) in [4.78, 5) is 12.7. The van der Waals surface area contributed by atoms with Gasteiger partial charge in [-0.15, -0.1) is 0 Å². The molecule has 0 radical (unpaired) electrons. The molecule has 21 heavy (non-hydrogen) atoms. The van der Waals surface area contributed by atoms with Crippen LogP contribution in [0.1, 0.15) is 34.1 Å². The molecule has 0 aliphatic rings. The third kappa shape index (κ3) is 6.57. The van der Waals surface area contributed by atoms with Crippen molar-refractivity contribution in [3.05, 3.63) is 0 Å². The number of nitrogens with zero attached hydrogens (tertiary/aromatic N) is 3. The van der Waals surface area contributed by atoms with E-state index >= 15 is 0 Å². The van der Waals surface area contributed by atoms with Gasteiger partial charge in [0.2, 0.25) is 11.9 Å². The summed E-state index contributed by atoms with van der Waals surface area (Å²) in [6.45, 7) is 9.68. The number of hydrogen-bond acceptors (Lipinski definition) is 7. The summed E-state index contributed by atoms with van der Waals surface area (Å²) in [6, 6.07) is 0.321. The summed E-state index contributed by atoms with van der Waals surface area (Å²) in [6.07, 6.45) is 0.971. The van der Waals surface area contributed by atoms with E-state index in [0.29, 0.717) is 17.9 Å². The van der Waals surface area contributed by atoms with E-state index in [-0.39, 0.29) is 11.5 Å². The molecule has 7 heteroatoms. The van der Waals surface area contributed by atoms with Crippen molar-refractivity contribution in [3.63, 3.8) is 0 Å². The highest BCUT2D eigenvalue weighted by Crippen LogP contribution is 2.21. The van der Waals surface area contributed by atoms with Crippen LogP contribution in [0.15, 0.2) is 0 Å². The minimum Gasteiger partial charge on any atom is -0.461 e. The van der Waals surface area contributed by atoms with Gasteiger partial charge < -0.3 is 20.1 Å². The number of hydrogen-bond donors (Lipinski definition) is 2. The molecule has 0 atom stereocenters. The number of methoxy groups -OCH3 is 1. The first kappa shape index (κ1) is 17.4. The Morgan fingerprint density at radius 3 is 2.38 bits per heavy atom. The molecule has 1 rings (SSSR count). The van der Waals surface area contributed by atoms with Crippen molar-refractivity contribution in [3.8, 4) is 6.01 Å². The lowest BCUT2D eigenvalue weighted by Crippen LogP contribution is -2.25. The zero-order valence-corrected chi connectivity index (χ0v) is 13.9. The van der Waals surface area contributed by atoms with E-state index in [4.69, 9.17) is 9.47 Å². The standard InChI is InChI=1S/C14H27N5O2/c1-10(2)21-13-18-11(15-5)17-12(19-13)16-9-14(3,4)7-8-20-6/h10H,7-9H2,1-6H3,(H2,15,16,17,18,19). The van der Waals surface area contributed by atoms with Gasteiger partial charge in [-0.05, 0) is 25.7 Å². The molecule has 2 N–H and O–H groups in total. The Labute approximate surface area is 126 Å².